The van der Waals surface area contributed by atoms with E-state index in [0.717, 1.165) is 85.5 Å². The number of rotatable bonds is 10. The summed E-state index contributed by atoms with van der Waals surface area (Å²) in [5.41, 5.74) is 7.64. The van der Waals surface area contributed by atoms with Crippen LogP contribution in [0, 0.1) is 20.8 Å². The number of hydrogen-bond acceptors (Lipinski definition) is 6. The van der Waals surface area contributed by atoms with E-state index in [2.05, 4.69) is 63.9 Å². The van der Waals surface area contributed by atoms with Crippen molar-refractivity contribution >= 4 is 17.5 Å². The first-order valence-electron chi connectivity index (χ1n) is 16.9. The number of benzene rings is 2. The van der Waals surface area contributed by atoms with Gasteiger partial charge in [0.1, 0.15) is 0 Å². The van der Waals surface area contributed by atoms with E-state index in [4.69, 9.17) is 0 Å². The minimum absolute atomic E-state index is 0.0346. The Hall–Kier alpha value is -4.21. The van der Waals surface area contributed by atoms with Gasteiger partial charge < -0.3 is 25.2 Å². The smallest absolute Gasteiger partial charge is 0.253 e. The molecule has 2 fully saturated rings. The van der Waals surface area contributed by atoms with Gasteiger partial charge in [0.05, 0.1) is 6.10 Å². The Bertz CT molecular complexity index is 1650. The SMILES string of the molecule is C=CC(=O)N1CCC(N(CC)c2cc(-c3ccc(CN4CCC(O)CC4)cc3)cc(C(=O)NCc3c(C)cc(C)[nH]c3=O)c2C)CC1. The summed E-state index contributed by atoms with van der Waals surface area (Å²) in [5, 5.41) is 12.9. The average molecular weight is 640 g/mol. The van der Waals surface area contributed by atoms with E-state index >= 15 is 0 Å². The van der Waals surface area contributed by atoms with Gasteiger partial charge in [0, 0.05) is 74.4 Å². The van der Waals surface area contributed by atoms with E-state index in [1.165, 1.54) is 11.6 Å². The van der Waals surface area contributed by atoms with Crippen LogP contribution in [0.4, 0.5) is 5.69 Å². The van der Waals surface area contributed by atoms with Gasteiger partial charge in [-0.2, -0.15) is 0 Å². The van der Waals surface area contributed by atoms with Crippen LogP contribution in [0.2, 0.25) is 0 Å². The van der Waals surface area contributed by atoms with Gasteiger partial charge in [0.2, 0.25) is 5.91 Å². The van der Waals surface area contributed by atoms with Crippen LogP contribution < -0.4 is 15.8 Å². The Labute approximate surface area is 278 Å². The molecule has 3 heterocycles. The van der Waals surface area contributed by atoms with Gasteiger partial charge in [0.25, 0.3) is 11.5 Å². The normalized spacial score (nSPS) is 16.2. The summed E-state index contributed by atoms with van der Waals surface area (Å²) in [4.78, 5) is 48.2. The first-order chi connectivity index (χ1) is 22.6. The van der Waals surface area contributed by atoms with Crippen LogP contribution in [0.5, 0.6) is 0 Å². The topological polar surface area (TPSA) is 109 Å². The zero-order valence-electron chi connectivity index (χ0n) is 28.3. The zero-order valence-corrected chi connectivity index (χ0v) is 28.3. The summed E-state index contributed by atoms with van der Waals surface area (Å²) in [6.07, 6.45) is 4.47. The highest BCUT2D eigenvalue weighted by Gasteiger charge is 2.28. The number of likely N-dealkylation sites (tertiary alicyclic amines) is 2. The number of carbonyl (C=O) groups excluding carboxylic acids is 2. The molecule has 0 radical (unpaired) electrons. The maximum absolute atomic E-state index is 13.9. The molecule has 9 nitrogen and oxygen atoms in total. The van der Waals surface area contributed by atoms with Crippen molar-refractivity contribution in [2.24, 2.45) is 0 Å². The fraction of sp³-hybridized carbons (Fsp3) is 0.447. The summed E-state index contributed by atoms with van der Waals surface area (Å²) >= 11 is 0. The molecule has 3 aromatic rings. The monoisotopic (exact) mass is 639 g/mol. The molecule has 3 N–H and O–H groups in total. The Balaban J connectivity index is 1.45. The number of nitrogens with one attached hydrogen (secondary N) is 2. The van der Waals surface area contributed by atoms with Crippen LogP contribution in [-0.2, 0) is 17.9 Å². The highest BCUT2D eigenvalue weighted by Crippen LogP contribution is 2.34. The molecule has 47 heavy (non-hydrogen) atoms. The van der Waals surface area contributed by atoms with Crippen molar-refractivity contribution in [3.8, 4) is 11.1 Å². The average Bonchev–Trinajstić information content (AvgIpc) is 3.06. The zero-order chi connectivity index (χ0) is 33.7. The summed E-state index contributed by atoms with van der Waals surface area (Å²) in [5.74, 6) is -0.260. The van der Waals surface area contributed by atoms with Crippen molar-refractivity contribution in [3.63, 3.8) is 0 Å². The van der Waals surface area contributed by atoms with Crippen LogP contribution in [0.3, 0.4) is 0 Å². The van der Waals surface area contributed by atoms with Crippen LogP contribution >= 0.6 is 0 Å². The predicted octanol–water partition coefficient (Wildman–Crippen LogP) is 4.86. The number of nitrogens with zero attached hydrogens (tertiary/aromatic N) is 3. The highest BCUT2D eigenvalue weighted by molar-refractivity contribution is 5.99. The van der Waals surface area contributed by atoms with Crippen molar-refractivity contribution in [1.29, 1.82) is 0 Å². The van der Waals surface area contributed by atoms with Crippen LogP contribution in [-0.4, -0.2) is 76.6 Å². The van der Waals surface area contributed by atoms with Gasteiger partial charge in [-0.1, -0.05) is 30.8 Å². The minimum Gasteiger partial charge on any atom is -0.393 e. The molecule has 2 aliphatic heterocycles. The van der Waals surface area contributed by atoms with E-state index in [1.807, 2.05) is 37.8 Å². The molecule has 0 saturated carbocycles. The third-order valence-electron chi connectivity index (χ3n) is 9.84. The highest BCUT2D eigenvalue weighted by atomic mass is 16.3. The largest absolute Gasteiger partial charge is 0.393 e. The number of aromatic amines is 1. The molecular formula is C38H49N5O4. The number of piperidine rings is 2. The lowest BCUT2D eigenvalue weighted by Crippen LogP contribution is -2.46. The summed E-state index contributed by atoms with van der Waals surface area (Å²) in [7, 11) is 0. The lowest BCUT2D eigenvalue weighted by Gasteiger charge is -2.40. The Morgan fingerprint density at radius 3 is 2.30 bits per heavy atom. The number of pyridine rings is 1. The molecule has 2 aromatic carbocycles. The molecule has 0 bridgehead atoms. The Morgan fingerprint density at radius 1 is 1.00 bits per heavy atom. The fourth-order valence-electron chi connectivity index (χ4n) is 7.06. The summed E-state index contributed by atoms with van der Waals surface area (Å²) in [6.45, 7) is 16.4. The van der Waals surface area contributed by atoms with Gasteiger partial charge in [0.15, 0.2) is 0 Å². The van der Waals surface area contributed by atoms with E-state index in [0.29, 0.717) is 24.2 Å². The maximum atomic E-state index is 13.9. The van der Waals surface area contributed by atoms with Crippen molar-refractivity contribution < 1.29 is 14.7 Å². The van der Waals surface area contributed by atoms with Crippen molar-refractivity contribution in [3.05, 3.63) is 99.0 Å². The summed E-state index contributed by atoms with van der Waals surface area (Å²) < 4.78 is 0. The number of hydrogen-bond donors (Lipinski definition) is 3. The first kappa shape index (κ1) is 34.1. The van der Waals surface area contributed by atoms with Gasteiger partial charge in [-0.15, -0.1) is 0 Å². The molecular weight excluding hydrogens is 590 g/mol. The number of aromatic nitrogens is 1. The lowest BCUT2D eigenvalue weighted by molar-refractivity contribution is -0.127. The van der Waals surface area contributed by atoms with Crippen LogP contribution in [0.1, 0.15) is 70.9 Å². The molecule has 250 valence electrons. The standard InChI is InChI=1S/C38H49N5O4/c1-6-36(45)42-18-12-31(13-19-42)43(7-2)35-22-30(29-10-8-28(9-11-29)24-41-16-14-32(44)15-17-41)21-33(27(35)5)37(46)39-23-34-25(3)20-26(4)40-38(34)47/h6,8-11,20-22,31-32,44H,1,7,12-19,23-24H2,2-5H3,(H,39,46)(H,40,47). The van der Waals surface area contributed by atoms with Gasteiger partial charge in [-0.05, 0) is 105 Å². The number of aliphatic hydroxyl groups excluding tert-OH is 1. The Kier molecular flexibility index (Phi) is 11.0. The minimum atomic E-state index is -0.226. The number of carbonyl (C=O) groups is 2. The second-order valence-electron chi connectivity index (χ2n) is 13.0. The van der Waals surface area contributed by atoms with E-state index in [-0.39, 0.29) is 36.1 Å². The molecule has 2 saturated heterocycles. The number of H-pyrrole nitrogens is 1. The molecule has 0 aliphatic carbocycles. The maximum Gasteiger partial charge on any atom is 0.253 e. The molecule has 2 aliphatic rings. The van der Waals surface area contributed by atoms with Crippen LogP contribution in [0.25, 0.3) is 11.1 Å². The number of aryl methyl sites for hydroxylation is 2. The molecule has 0 spiro atoms. The quantitative estimate of drug-likeness (QED) is 0.274. The van der Waals surface area contributed by atoms with Crippen LogP contribution in [0.15, 0.2) is 59.9 Å². The predicted molar refractivity (Wildman–Crippen MR) is 188 cm³/mol. The molecule has 2 amide bonds. The molecule has 0 atom stereocenters. The van der Waals surface area contributed by atoms with E-state index in [9.17, 15) is 19.5 Å². The lowest BCUT2D eigenvalue weighted by atomic mass is 9.94. The summed E-state index contributed by atoms with van der Waals surface area (Å²) in [6, 6.07) is 14.8. The number of aliphatic hydroxyl groups is 1. The second-order valence-corrected chi connectivity index (χ2v) is 13.0. The van der Waals surface area contributed by atoms with Crippen molar-refractivity contribution in [1.82, 2.24) is 20.1 Å². The molecule has 5 rings (SSSR count). The molecule has 0 unspecified atom stereocenters. The third kappa shape index (κ3) is 8.03. The van der Waals surface area contributed by atoms with E-state index in [1.54, 1.807) is 0 Å². The fourth-order valence-corrected chi connectivity index (χ4v) is 7.06. The number of amides is 2. The van der Waals surface area contributed by atoms with Crippen molar-refractivity contribution in [2.75, 3.05) is 37.6 Å². The van der Waals surface area contributed by atoms with E-state index < -0.39 is 0 Å². The van der Waals surface area contributed by atoms with Gasteiger partial charge in [-0.25, -0.2) is 0 Å². The first-order valence-corrected chi connectivity index (χ1v) is 16.9. The number of anilines is 1. The third-order valence-corrected chi connectivity index (χ3v) is 9.84. The Morgan fingerprint density at radius 2 is 1.68 bits per heavy atom. The van der Waals surface area contributed by atoms with Gasteiger partial charge in [-0.3, -0.25) is 19.3 Å². The van der Waals surface area contributed by atoms with Crippen molar-refractivity contribution in [2.45, 2.75) is 78.6 Å². The second kappa shape index (κ2) is 15.1. The van der Waals surface area contributed by atoms with Gasteiger partial charge >= 0.3 is 0 Å². The molecule has 1 aromatic heterocycles. The molecule has 9 heteroatoms.